The second-order valence-electron chi connectivity index (χ2n) is 6.11. The van der Waals surface area contributed by atoms with Crippen LogP contribution in [0.1, 0.15) is 35.5 Å². The fourth-order valence-electron chi connectivity index (χ4n) is 2.59. The van der Waals surface area contributed by atoms with E-state index in [-0.39, 0.29) is 12.2 Å². The fourth-order valence-corrected chi connectivity index (χ4v) is 3.40. The molecule has 0 N–H and O–H groups in total. The molecular weight excluding hydrogens is 360 g/mol. The SMILES string of the molecule is CCc1ccc(C(=O)[C@@H](C)OC(=O)Cc2csc(-c3cccnc3)n2)cc1. The summed E-state index contributed by atoms with van der Waals surface area (Å²) >= 11 is 1.44. The number of aryl methyl sites for hydroxylation is 1. The minimum atomic E-state index is -0.832. The second-order valence-corrected chi connectivity index (χ2v) is 6.97. The van der Waals surface area contributed by atoms with E-state index in [1.807, 2.05) is 29.6 Å². The molecular formula is C21H20N2O3S. The Balaban J connectivity index is 1.58. The number of carbonyl (C=O) groups is 2. The molecule has 0 radical (unpaired) electrons. The molecule has 0 saturated heterocycles. The van der Waals surface area contributed by atoms with Crippen molar-refractivity contribution in [3.63, 3.8) is 0 Å². The number of pyridine rings is 1. The van der Waals surface area contributed by atoms with Crippen LogP contribution in [0.3, 0.4) is 0 Å². The summed E-state index contributed by atoms with van der Waals surface area (Å²) < 4.78 is 5.31. The number of thiazole rings is 1. The predicted octanol–water partition coefficient (Wildman–Crippen LogP) is 4.12. The Morgan fingerprint density at radius 2 is 1.96 bits per heavy atom. The molecule has 1 atom stereocenters. The Labute approximate surface area is 162 Å². The maximum atomic E-state index is 12.4. The van der Waals surface area contributed by atoms with Crippen molar-refractivity contribution >= 4 is 23.1 Å². The summed E-state index contributed by atoms with van der Waals surface area (Å²) in [5.74, 6) is -0.676. The quantitative estimate of drug-likeness (QED) is 0.455. The topological polar surface area (TPSA) is 69.2 Å². The van der Waals surface area contributed by atoms with Gasteiger partial charge in [-0.2, -0.15) is 0 Å². The first kappa shape index (κ1) is 18.9. The van der Waals surface area contributed by atoms with Gasteiger partial charge in [0.25, 0.3) is 0 Å². The highest BCUT2D eigenvalue weighted by Crippen LogP contribution is 2.23. The number of ketones is 1. The zero-order chi connectivity index (χ0) is 19.2. The Kier molecular flexibility index (Phi) is 6.08. The number of hydrogen-bond acceptors (Lipinski definition) is 6. The highest BCUT2D eigenvalue weighted by atomic mass is 32.1. The van der Waals surface area contributed by atoms with Gasteiger partial charge in [0.05, 0.1) is 12.1 Å². The molecule has 6 heteroatoms. The smallest absolute Gasteiger partial charge is 0.312 e. The van der Waals surface area contributed by atoms with Crippen LogP contribution in [0.2, 0.25) is 0 Å². The largest absolute Gasteiger partial charge is 0.454 e. The summed E-state index contributed by atoms with van der Waals surface area (Å²) in [4.78, 5) is 33.1. The molecule has 27 heavy (non-hydrogen) atoms. The van der Waals surface area contributed by atoms with Crippen LogP contribution in [0.25, 0.3) is 10.6 Å². The first-order valence-corrected chi connectivity index (χ1v) is 9.62. The van der Waals surface area contributed by atoms with Crippen LogP contribution in [0.15, 0.2) is 54.2 Å². The van der Waals surface area contributed by atoms with Crippen molar-refractivity contribution in [3.8, 4) is 10.6 Å². The number of rotatable bonds is 7. The highest BCUT2D eigenvalue weighted by Gasteiger charge is 2.20. The van der Waals surface area contributed by atoms with Gasteiger partial charge in [-0.3, -0.25) is 14.6 Å². The lowest BCUT2D eigenvalue weighted by molar-refractivity contribution is -0.145. The van der Waals surface area contributed by atoms with Crippen LogP contribution in [-0.2, 0) is 22.4 Å². The average molecular weight is 380 g/mol. The van der Waals surface area contributed by atoms with Gasteiger partial charge in [-0.15, -0.1) is 11.3 Å². The summed E-state index contributed by atoms with van der Waals surface area (Å²) in [6.45, 7) is 3.65. The summed E-state index contributed by atoms with van der Waals surface area (Å²) in [6, 6.07) is 11.1. The zero-order valence-corrected chi connectivity index (χ0v) is 16.0. The summed E-state index contributed by atoms with van der Waals surface area (Å²) in [6.07, 6.45) is 3.53. The van der Waals surface area contributed by atoms with E-state index < -0.39 is 12.1 Å². The van der Waals surface area contributed by atoms with Gasteiger partial charge in [-0.25, -0.2) is 4.98 Å². The molecule has 2 heterocycles. The van der Waals surface area contributed by atoms with E-state index in [0.29, 0.717) is 11.3 Å². The molecule has 138 valence electrons. The van der Waals surface area contributed by atoms with Crippen molar-refractivity contribution in [2.24, 2.45) is 0 Å². The number of aromatic nitrogens is 2. The Morgan fingerprint density at radius 1 is 1.19 bits per heavy atom. The van der Waals surface area contributed by atoms with Crippen LogP contribution in [0.5, 0.6) is 0 Å². The molecule has 0 aliphatic carbocycles. The molecule has 1 aromatic carbocycles. The van der Waals surface area contributed by atoms with Crippen molar-refractivity contribution in [2.75, 3.05) is 0 Å². The summed E-state index contributed by atoms with van der Waals surface area (Å²) in [5.41, 5.74) is 3.22. The average Bonchev–Trinajstić information content (AvgIpc) is 3.16. The number of Topliss-reactive ketones (excluding diaryl/α,β-unsaturated/α-hetero) is 1. The lowest BCUT2D eigenvalue weighted by Gasteiger charge is -2.12. The molecule has 5 nitrogen and oxygen atoms in total. The minimum Gasteiger partial charge on any atom is -0.454 e. The zero-order valence-electron chi connectivity index (χ0n) is 15.2. The molecule has 0 spiro atoms. The van der Waals surface area contributed by atoms with E-state index >= 15 is 0 Å². The van der Waals surface area contributed by atoms with Crippen LogP contribution >= 0.6 is 11.3 Å². The van der Waals surface area contributed by atoms with Gasteiger partial charge < -0.3 is 4.74 Å². The molecule has 0 amide bonds. The van der Waals surface area contributed by atoms with Gasteiger partial charge >= 0.3 is 5.97 Å². The maximum absolute atomic E-state index is 12.4. The lowest BCUT2D eigenvalue weighted by Crippen LogP contribution is -2.25. The van der Waals surface area contributed by atoms with Crippen LogP contribution in [0, 0.1) is 0 Å². The van der Waals surface area contributed by atoms with Crippen molar-refractivity contribution in [1.29, 1.82) is 0 Å². The number of benzene rings is 1. The van der Waals surface area contributed by atoms with E-state index in [1.54, 1.807) is 31.5 Å². The number of nitrogens with zero attached hydrogens (tertiary/aromatic N) is 2. The van der Waals surface area contributed by atoms with Gasteiger partial charge in [0, 0.05) is 28.9 Å². The lowest BCUT2D eigenvalue weighted by atomic mass is 10.0. The molecule has 3 aromatic rings. The normalized spacial score (nSPS) is 11.8. The van der Waals surface area contributed by atoms with Gasteiger partial charge in [0.1, 0.15) is 5.01 Å². The Bertz CT molecular complexity index is 920. The van der Waals surface area contributed by atoms with E-state index in [1.165, 1.54) is 11.3 Å². The van der Waals surface area contributed by atoms with Crippen molar-refractivity contribution in [2.45, 2.75) is 32.8 Å². The molecule has 0 aliphatic rings. The summed E-state index contributed by atoms with van der Waals surface area (Å²) in [7, 11) is 0. The second kappa shape index (κ2) is 8.68. The molecule has 0 bridgehead atoms. The standard InChI is InChI=1S/C21H20N2O3S/c1-3-15-6-8-16(9-7-15)20(25)14(2)26-19(24)11-18-13-27-21(23-18)17-5-4-10-22-12-17/h4-10,12-14H,3,11H2,1-2H3/t14-/m1/s1. The van der Waals surface area contributed by atoms with Crippen molar-refractivity contribution in [3.05, 3.63) is 71.0 Å². The van der Waals surface area contributed by atoms with Crippen LogP contribution < -0.4 is 0 Å². The molecule has 0 unspecified atom stereocenters. The predicted molar refractivity (Wildman–Crippen MR) is 105 cm³/mol. The Hall–Kier alpha value is -2.86. The molecule has 0 saturated carbocycles. The number of esters is 1. The summed E-state index contributed by atoms with van der Waals surface area (Å²) in [5, 5.41) is 2.62. The third kappa shape index (κ3) is 4.86. The highest BCUT2D eigenvalue weighted by molar-refractivity contribution is 7.13. The van der Waals surface area contributed by atoms with E-state index in [9.17, 15) is 9.59 Å². The maximum Gasteiger partial charge on any atom is 0.312 e. The first-order valence-electron chi connectivity index (χ1n) is 8.74. The van der Waals surface area contributed by atoms with Crippen LogP contribution in [-0.4, -0.2) is 27.8 Å². The van der Waals surface area contributed by atoms with E-state index in [0.717, 1.165) is 22.6 Å². The molecule has 2 aromatic heterocycles. The first-order chi connectivity index (χ1) is 13.1. The fraction of sp³-hybridized carbons (Fsp3) is 0.238. The van der Waals surface area contributed by atoms with Crippen molar-refractivity contribution < 1.29 is 14.3 Å². The molecule has 0 aliphatic heterocycles. The number of carbonyl (C=O) groups excluding carboxylic acids is 2. The van der Waals surface area contributed by atoms with Crippen LogP contribution in [0.4, 0.5) is 0 Å². The van der Waals surface area contributed by atoms with Gasteiger partial charge in [0.15, 0.2) is 6.10 Å². The monoisotopic (exact) mass is 380 g/mol. The Morgan fingerprint density at radius 3 is 2.63 bits per heavy atom. The third-order valence-corrected chi connectivity index (χ3v) is 5.05. The third-order valence-electron chi connectivity index (χ3n) is 4.11. The van der Waals surface area contributed by atoms with Gasteiger partial charge in [0.2, 0.25) is 5.78 Å². The molecule has 3 rings (SSSR count). The van der Waals surface area contributed by atoms with Gasteiger partial charge in [-0.1, -0.05) is 31.2 Å². The minimum absolute atomic E-state index is 0.0309. The van der Waals surface area contributed by atoms with Gasteiger partial charge in [-0.05, 0) is 31.0 Å². The van der Waals surface area contributed by atoms with E-state index in [4.69, 9.17) is 4.74 Å². The van der Waals surface area contributed by atoms with E-state index in [2.05, 4.69) is 16.9 Å². The van der Waals surface area contributed by atoms with Crippen molar-refractivity contribution in [1.82, 2.24) is 9.97 Å². The number of hydrogen-bond donors (Lipinski definition) is 0. The number of ether oxygens (including phenoxy) is 1. The molecule has 0 fully saturated rings.